The van der Waals surface area contributed by atoms with Gasteiger partial charge in [0.05, 0.1) is 0 Å². The van der Waals surface area contributed by atoms with Gasteiger partial charge < -0.3 is 10.3 Å². The highest BCUT2D eigenvalue weighted by Gasteiger charge is 2.32. The van der Waals surface area contributed by atoms with Crippen molar-refractivity contribution in [3.8, 4) is 0 Å². The predicted octanol–water partition coefficient (Wildman–Crippen LogP) is 4.76. The van der Waals surface area contributed by atoms with Crippen molar-refractivity contribution in [2.75, 3.05) is 6.54 Å². The second-order valence-corrected chi connectivity index (χ2v) is 6.36. The number of unbranched alkanes of at least 4 members (excludes halogenated alkanes) is 2. The molecule has 0 aliphatic rings. The lowest BCUT2D eigenvalue weighted by Crippen LogP contribution is -2.35. The summed E-state index contributed by atoms with van der Waals surface area (Å²) in [7, 11) is 2.15. The number of aryl methyl sites for hydroxylation is 1. The third-order valence-electron chi connectivity index (χ3n) is 4.88. The second-order valence-electron chi connectivity index (χ2n) is 6.36. The number of hydrogen-bond donors (Lipinski definition) is 1. The zero-order valence-corrected chi connectivity index (χ0v) is 13.9. The highest BCUT2D eigenvalue weighted by Crippen LogP contribution is 2.39. The van der Waals surface area contributed by atoms with Crippen molar-refractivity contribution in [1.29, 1.82) is 0 Å². The maximum absolute atomic E-state index is 6.31. The number of nitrogens with zero attached hydrogens (tertiary/aromatic N) is 1. The second kappa shape index (κ2) is 7.13. The number of nitrogens with two attached hydrogens (primary N) is 1. The Hall–Kier alpha value is -1.28. The van der Waals surface area contributed by atoms with E-state index >= 15 is 0 Å². The van der Waals surface area contributed by atoms with Gasteiger partial charge in [-0.25, -0.2) is 0 Å². The van der Waals surface area contributed by atoms with Crippen molar-refractivity contribution < 1.29 is 0 Å². The average molecular weight is 286 g/mol. The van der Waals surface area contributed by atoms with Gasteiger partial charge in [-0.15, -0.1) is 0 Å². The molecule has 2 nitrogen and oxygen atoms in total. The van der Waals surface area contributed by atoms with Crippen molar-refractivity contribution in [3.63, 3.8) is 0 Å². The molecule has 2 aromatic rings. The first-order chi connectivity index (χ1) is 10.2. The van der Waals surface area contributed by atoms with Crippen molar-refractivity contribution in [2.24, 2.45) is 12.8 Å². The third kappa shape index (κ3) is 3.16. The highest BCUT2D eigenvalue weighted by molar-refractivity contribution is 5.85. The molecule has 0 saturated carbocycles. The lowest BCUT2D eigenvalue weighted by molar-refractivity contribution is 0.352. The van der Waals surface area contributed by atoms with Crippen LogP contribution in [0.15, 0.2) is 30.5 Å². The van der Waals surface area contributed by atoms with Crippen molar-refractivity contribution >= 4 is 10.9 Å². The van der Waals surface area contributed by atoms with Gasteiger partial charge in [-0.3, -0.25) is 0 Å². The van der Waals surface area contributed by atoms with Gasteiger partial charge in [-0.2, -0.15) is 0 Å². The maximum atomic E-state index is 6.31. The van der Waals surface area contributed by atoms with Crippen LogP contribution in [-0.4, -0.2) is 11.1 Å². The van der Waals surface area contributed by atoms with Gasteiger partial charge in [0.25, 0.3) is 0 Å². The topological polar surface area (TPSA) is 30.9 Å². The molecule has 0 aliphatic carbocycles. The molecular formula is C19H30N2. The first kappa shape index (κ1) is 16.1. The zero-order valence-electron chi connectivity index (χ0n) is 13.9. The van der Waals surface area contributed by atoms with Gasteiger partial charge in [-0.05, 0) is 24.5 Å². The van der Waals surface area contributed by atoms with Crippen LogP contribution in [0.5, 0.6) is 0 Å². The van der Waals surface area contributed by atoms with E-state index in [-0.39, 0.29) is 5.41 Å². The van der Waals surface area contributed by atoms with Crippen LogP contribution >= 0.6 is 0 Å². The van der Waals surface area contributed by atoms with Gasteiger partial charge in [0.1, 0.15) is 0 Å². The predicted molar refractivity (Wildman–Crippen MR) is 92.7 cm³/mol. The van der Waals surface area contributed by atoms with Crippen LogP contribution in [0.4, 0.5) is 0 Å². The summed E-state index contributed by atoms with van der Waals surface area (Å²) in [6.07, 6.45) is 9.70. The lowest BCUT2D eigenvalue weighted by atomic mass is 9.72. The van der Waals surface area contributed by atoms with Crippen LogP contribution in [0.25, 0.3) is 10.9 Å². The summed E-state index contributed by atoms with van der Waals surface area (Å²) >= 11 is 0. The molecule has 0 atom stereocenters. The summed E-state index contributed by atoms with van der Waals surface area (Å²) in [4.78, 5) is 0. The standard InChI is InChI=1S/C19H30N2/c1-4-6-12-19(15-20,13-7-5-2)17-14-21(3)18-11-9-8-10-16(17)18/h8-11,14H,4-7,12-13,15,20H2,1-3H3. The largest absolute Gasteiger partial charge is 0.350 e. The summed E-state index contributed by atoms with van der Waals surface area (Å²) in [6.45, 7) is 5.29. The molecule has 0 fully saturated rings. The molecule has 116 valence electrons. The van der Waals surface area contributed by atoms with Crippen LogP contribution < -0.4 is 5.73 Å². The van der Waals surface area contributed by atoms with Crippen molar-refractivity contribution in [2.45, 2.75) is 57.8 Å². The Bertz CT molecular complexity index is 560. The van der Waals surface area contributed by atoms with E-state index in [4.69, 9.17) is 5.73 Å². The van der Waals surface area contributed by atoms with E-state index in [0.29, 0.717) is 0 Å². The van der Waals surface area contributed by atoms with Crippen molar-refractivity contribution in [1.82, 2.24) is 4.57 Å². The summed E-state index contributed by atoms with van der Waals surface area (Å²) < 4.78 is 2.26. The lowest BCUT2D eigenvalue weighted by Gasteiger charge is -2.33. The summed E-state index contributed by atoms with van der Waals surface area (Å²) in [6, 6.07) is 8.73. The van der Waals surface area contributed by atoms with E-state index in [1.165, 1.54) is 55.0 Å². The van der Waals surface area contributed by atoms with E-state index in [2.05, 4.69) is 55.9 Å². The zero-order chi connectivity index (χ0) is 15.3. The summed E-state index contributed by atoms with van der Waals surface area (Å²) in [5.74, 6) is 0. The molecule has 2 rings (SSSR count). The minimum absolute atomic E-state index is 0.146. The Morgan fingerprint density at radius 1 is 1.05 bits per heavy atom. The van der Waals surface area contributed by atoms with Crippen molar-refractivity contribution in [3.05, 3.63) is 36.0 Å². The first-order valence-electron chi connectivity index (χ1n) is 8.43. The minimum Gasteiger partial charge on any atom is -0.350 e. The number of aromatic nitrogens is 1. The minimum atomic E-state index is 0.146. The SMILES string of the molecule is CCCCC(CN)(CCCC)c1cn(C)c2ccccc12. The molecule has 0 spiro atoms. The fourth-order valence-corrected chi connectivity index (χ4v) is 3.50. The van der Waals surface area contributed by atoms with Gasteiger partial charge >= 0.3 is 0 Å². The molecule has 2 heteroatoms. The first-order valence-corrected chi connectivity index (χ1v) is 8.43. The van der Waals surface area contributed by atoms with Gasteiger partial charge in [0.15, 0.2) is 0 Å². The normalized spacial score (nSPS) is 12.2. The summed E-state index contributed by atoms with van der Waals surface area (Å²) in [5, 5.41) is 1.39. The fourth-order valence-electron chi connectivity index (χ4n) is 3.50. The molecule has 0 aliphatic heterocycles. The Kier molecular flexibility index (Phi) is 5.46. The number of benzene rings is 1. The van der Waals surface area contributed by atoms with E-state index < -0.39 is 0 Å². The van der Waals surface area contributed by atoms with Gasteiger partial charge in [0.2, 0.25) is 0 Å². The molecule has 0 saturated heterocycles. The Labute approximate surface area is 129 Å². The number of rotatable bonds is 8. The molecule has 21 heavy (non-hydrogen) atoms. The molecule has 1 aromatic heterocycles. The molecule has 0 bridgehead atoms. The molecule has 0 amide bonds. The van der Waals surface area contributed by atoms with Gasteiger partial charge in [-0.1, -0.05) is 57.7 Å². The fraction of sp³-hybridized carbons (Fsp3) is 0.579. The Morgan fingerprint density at radius 2 is 1.67 bits per heavy atom. The number of hydrogen-bond acceptors (Lipinski definition) is 1. The molecule has 1 aromatic carbocycles. The monoisotopic (exact) mass is 286 g/mol. The highest BCUT2D eigenvalue weighted by atomic mass is 14.9. The number of fused-ring (bicyclic) bond motifs is 1. The van der Waals surface area contributed by atoms with Crippen LogP contribution in [0, 0.1) is 0 Å². The van der Waals surface area contributed by atoms with Gasteiger partial charge in [0, 0.05) is 36.1 Å². The number of para-hydroxylation sites is 1. The summed E-state index contributed by atoms with van der Waals surface area (Å²) in [5.41, 5.74) is 9.24. The van der Waals surface area contributed by atoms with E-state index in [1.807, 2.05) is 0 Å². The van der Waals surface area contributed by atoms with E-state index in [1.54, 1.807) is 0 Å². The molecule has 0 unspecified atom stereocenters. The third-order valence-corrected chi connectivity index (χ3v) is 4.88. The van der Waals surface area contributed by atoms with E-state index in [9.17, 15) is 0 Å². The van der Waals surface area contributed by atoms with Crippen LogP contribution in [0.3, 0.4) is 0 Å². The average Bonchev–Trinajstić information content (AvgIpc) is 2.86. The van der Waals surface area contributed by atoms with Crippen LogP contribution in [0.2, 0.25) is 0 Å². The molecule has 0 radical (unpaired) electrons. The quantitative estimate of drug-likeness (QED) is 0.745. The Morgan fingerprint density at radius 3 is 2.24 bits per heavy atom. The van der Waals surface area contributed by atoms with Crippen LogP contribution in [0.1, 0.15) is 57.9 Å². The molecule has 1 heterocycles. The molecular weight excluding hydrogens is 256 g/mol. The Balaban J connectivity index is 2.51. The van der Waals surface area contributed by atoms with Crippen LogP contribution in [-0.2, 0) is 12.5 Å². The van der Waals surface area contributed by atoms with E-state index in [0.717, 1.165) is 6.54 Å². The maximum Gasteiger partial charge on any atom is 0.0480 e. The smallest absolute Gasteiger partial charge is 0.0480 e. The molecule has 2 N–H and O–H groups in total.